The van der Waals surface area contributed by atoms with Gasteiger partial charge < -0.3 is 9.42 Å². The van der Waals surface area contributed by atoms with Crippen molar-refractivity contribution in [3.63, 3.8) is 0 Å². The molecule has 4 nitrogen and oxygen atoms in total. The summed E-state index contributed by atoms with van der Waals surface area (Å²) in [5.74, 6) is 0.527. The second-order valence-electron chi connectivity index (χ2n) is 5.53. The topological polar surface area (TPSA) is 46.3 Å². The first kappa shape index (κ1) is 16.2. The van der Waals surface area contributed by atoms with Crippen LogP contribution >= 0.6 is 0 Å². The van der Waals surface area contributed by atoms with E-state index < -0.39 is 0 Å². The normalized spacial score (nSPS) is 12.2. The minimum Gasteiger partial charge on any atom is -0.361 e. The van der Waals surface area contributed by atoms with E-state index in [1.165, 1.54) is 12.1 Å². The standard InChI is InChI=1S/C17H21FN2O2/c1-11-16(13(3)22-19-11)9-10-17(21)20(4)12(2)14-5-7-15(18)8-6-14/h5-8,12H,9-10H2,1-4H3. The quantitative estimate of drug-likeness (QED) is 0.848. The van der Waals surface area contributed by atoms with Gasteiger partial charge in [-0.3, -0.25) is 4.79 Å². The van der Waals surface area contributed by atoms with E-state index in [9.17, 15) is 9.18 Å². The fourth-order valence-electron chi connectivity index (χ4n) is 2.45. The number of carbonyl (C=O) groups is 1. The maximum absolute atomic E-state index is 13.0. The first-order valence-corrected chi connectivity index (χ1v) is 7.33. The van der Waals surface area contributed by atoms with E-state index in [4.69, 9.17) is 4.52 Å². The van der Waals surface area contributed by atoms with E-state index in [2.05, 4.69) is 5.16 Å². The molecule has 1 amide bonds. The number of aryl methyl sites for hydroxylation is 2. The minimum absolute atomic E-state index is 0.0387. The van der Waals surface area contributed by atoms with Crippen LogP contribution in [0.4, 0.5) is 4.39 Å². The maximum atomic E-state index is 13.0. The Labute approximate surface area is 129 Å². The zero-order chi connectivity index (χ0) is 16.3. The first-order valence-electron chi connectivity index (χ1n) is 7.33. The third kappa shape index (κ3) is 3.53. The van der Waals surface area contributed by atoms with Crippen molar-refractivity contribution >= 4 is 5.91 Å². The molecule has 1 atom stereocenters. The number of hydrogen-bond acceptors (Lipinski definition) is 3. The van der Waals surface area contributed by atoms with E-state index in [0.29, 0.717) is 12.8 Å². The highest BCUT2D eigenvalue weighted by Crippen LogP contribution is 2.21. The molecule has 2 aromatic rings. The molecule has 0 saturated heterocycles. The predicted octanol–water partition coefficient (Wildman–Crippen LogP) is 3.58. The molecule has 0 aliphatic heterocycles. The Morgan fingerprint density at radius 2 is 1.95 bits per heavy atom. The van der Waals surface area contributed by atoms with E-state index in [1.807, 2.05) is 20.8 Å². The monoisotopic (exact) mass is 304 g/mol. The molecule has 0 fully saturated rings. The first-order chi connectivity index (χ1) is 10.4. The molecule has 1 aromatic carbocycles. The van der Waals surface area contributed by atoms with Crippen molar-refractivity contribution in [2.24, 2.45) is 0 Å². The Balaban J connectivity index is 1.98. The molecule has 22 heavy (non-hydrogen) atoms. The Hall–Kier alpha value is -2.17. The summed E-state index contributed by atoms with van der Waals surface area (Å²) in [6, 6.07) is 6.14. The lowest BCUT2D eigenvalue weighted by molar-refractivity contribution is -0.131. The van der Waals surface area contributed by atoms with Gasteiger partial charge in [-0.05, 0) is 44.9 Å². The fourth-order valence-corrected chi connectivity index (χ4v) is 2.45. The molecule has 1 aromatic heterocycles. The number of carbonyl (C=O) groups excluding carboxylic acids is 1. The number of nitrogens with zero attached hydrogens (tertiary/aromatic N) is 2. The number of hydrogen-bond donors (Lipinski definition) is 0. The zero-order valence-electron chi connectivity index (χ0n) is 13.4. The van der Waals surface area contributed by atoms with Crippen LogP contribution in [0.3, 0.4) is 0 Å². The van der Waals surface area contributed by atoms with Crippen LogP contribution < -0.4 is 0 Å². The van der Waals surface area contributed by atoms with Crippen LogP contribution in [0.15, 0.2) is 28.8 Å². The number of halogens is 1. The van der Waals surface area contributed by atoms with Crippen molar-refractivity contribution in [1.29, 1.82) is 0 Å². The summed E-state index contributed by atoms with van der Waals surface area (Å²) in [6.07, 6.45) is 1.01. The van der Waals surface area contributed by atoms with Gasteiger partial charge in [-0.1, -0.05) is 17.3 Å². The SMILES string of the molecule is Cc1noc(C)c1CCC(=O)N(C)C(C)c1ccc(F)cc1. The summed E-state index contributed by atoms with van der Waals surface area (Å²) >= 11 is 0. The summed E-state index contributed by atoms with van der Waals surface area (Å²) in [6.45, 7) is 5.66. The largest absolute Gasteiger partial charge is 0.361 e. The molecule has 0 aliphatic carbocycles. The van der Waals surface area contributed by atoms with Gasteiger partial charge in [-0.15, -0.1) is 0 Å². The molecule has 0 spiro atoms. The molecule has 0 saturated carbocycles. The highest BCUT2D eigenvalue weighted by molar-refractivity contribution is 5.76. The van der Waals surface area contributed by atoms with Crippen LogP contribution in [0, 0.1) is 19.7 Å². The van der Waals surface area contributed by atoms with Gasteiger partial charge in [0.2, 0.25) is 5.91 Å². The molecule has 0 aliphatic rings. The van der Waals surface area contributed by atoms with Crippen molar-refractivity contribution in [2.75, 3.05) is 7.05 Å². The Kier molecular flexibility index (Phi) is 4.96. The van der Waals surface area contributed by atoms with Crippen LogP contribution in [0.2, 0.25) is 0 Å². The molecule has 2 rings (SSSR count). The lowest BCUT2D eigenvalue weighted by Gasteiger charge is -2.25. The molecular formula is C17H21FN2O2. The number of benzene rings is 1. The lowest BCUT2D eigenvalue weighted by atomic mass is 10.1. The van der Waals surface area contributed by atoms with Gasteiger partial charge in [0.15, 0.2) is 0 Å². The van der Waals surface area contributed by atoms with Crippen molar-refractivity contribution in [2.45, 2.75) is 39.7 Å². The Morgan fingerprint density at radius 1 is 1.32 bits per heavy atom. The van der Waals surface area contributed by atoms with Crippen molar-refractivity contribution < 1.29 is 13.7 Å². The van der Waals surface area contributed by atoms with E-state index in [-0.39, 0.29) is 17.8 Å². The van der Waals surface area contributed by atoms with Crippen molar-refractivity contribution in [1.82, 2.24) is 10.1 Å². The molecule has 0 bridgehead atoms. The molecule has 1 heterocycles. The molecule has 118 valence electrons. The summed E-state index contributed by atoms with van der Waals surface area (Å²) in [5.41, 5.74) is 2.74. The second-order valence-corrected chi connectivity index (χ2v) is 5.53. The van der Waals surface area contributed by atoms with Crippen molar-refractivity contribution in [3.05, 3.63) is 52.7 Å². The average molecular weight is 304 g/mol. The minimum atomic E-state index is -0.275. The average Bonchev–Trinajstić information content (AvgIpc) is 2.83. The van der Waals surface area contributed by atoms with E-state index >= 15 is 0 Å². The Morgan fingerprint density at radius 3 is 2.50 bits per heavy atom. The molecular weight excluding hydrogens is 283 g/mol. The predicted molar refractivity (Wildman–Crippen MR) is 81.9 cm³/mol. The van der Waals surface area contributed by atoms with Crippen molar-refractivity contribution in [3.8, 4) is 0 Å². The molecule has 0 radical (unpaired) electrons. The van der Waals surface area contributed by atoms with Gasteiger partial charge in [0.25, 0.3) is 0 Å². The van der Waals surface area contributed by atoms with Gasteiger partial charge in [0.05, 0.1) is 11.7 Å². The summed E-state index contributed by atoms with van der Waals surface area (Å²) in [4.78, 5) is 14.0. The molecule has 1 unspecified atom stereocenters. The van der Waals surface area contributed by atoms with Crippen LogP contribution in [0.1, 0.15) is 42.0 Å². The number of rotatable bonds is 5. The number of amides is 1. The second kappa shape index (κ2) is 6.73. The summed E-state index contributed by atoms with van der Waals surface area (Å²) < 4.78 is 18.1. The van der Waals surface area contributed by atoms with Gasteiger partial charge in [-0.25, -0.2) is 4.39 Å². The highest BCUT2D eigenvalue weighted by atomic mass is 19.1. The van der Waals surface area contributed by atoms with E-state index in [0.717, 1.165) is 22.6 Å². The fraction of sp³-hybridized carbons (Fsp3) is 0.412. The van der Waals surface area contributed by atoms with Crippen LogP contribution in [0.5, 0.6) is 0 Å². The van der Waals surface area contributed by atoms with Gasteiger partial charge in [0, 0.05) is 19.0 Å². The van der Waals surface area contributed by atoms with Gasteiger partial charge in [-0.2, -0.15) is 0 Å². The summed E-state index contributed by atoms with van der Waals surface area (Å²) in [5, 5.41) is 3.89. The van der Waals surface area contributed by atoms with Gasteiger partial charge >= 0.3 is 0 Å². The Bertz CT molecular complexity index is 630. The van der Waals surface area contributed by atoms with Crippen LogP contribution in [-0.4, -0.2) is 23.0 Å². The maximum Gasteiger partial charge on any atom is 0.223 e. The number of aromatic nitrogens is 1. The van der Waals surface area contributed by atoms with E-state index in [1.54, 1.807) is 24.1 Å². The molecule has 5 heteroatoms. The smallest absolute Gasteiger partial charge is 0.223 e. The third-order valence-electron chi connectivity index (χ3n) is 4.10. The zero-order valence-corrected chi connectivity index (χ0v) is 13.4. The summed E-state index contributed by atoms with van der Waals surface area (Å²) in [7, 11) is 1.77. The van der Waals surface area contributed by atoms with Crippen LogP contribution in [-0.2, 0) is 11.2 Å². The lowest BCUT2D eigenvalue weighted by Crippen LogP contribution is -2.29. The van der Waals surface area contributed by atoms with Crippen LogP contribution in [0.25, 0.3) is 0 Å². The highest BCUT2D eigenvalue weighted by Gasteiger charge is 2.18. The van der Waals surface area contributed by atoms with Gasteiger partial charge in [0.1, 0.15) is 11.6 Å². The molecule has 0 N–H and O–H groups in total. The third-order valence-corrected chi connectivity index (χ3v) is 4.10.